The SMILES string of the molecule is C[C@@H](C(=O)NC1CCCCC1)N(Cc1ccc(Cl)c(Cl)c1)C(=O)CCCN(c1ccc(F)c(F)c1)S(C)(=O)=O. The first-order valence-corrected chi connectivity index (χ1v) is 15.4. The minimum Gasteiger partial charge on any atom is -0.352 e. The van der Waals surface area contributed by atoms with E-state index in [-0.39, 0.29) is 49.5 Å². The van der Waals surface area contributed by atoms with E-state index in [9.17, 15) is 26.8 Å². The Balaban J connectivity index is 1.75. The van der Waals surface area contributed by atoms with E-state index in [4.69, 9.17) is 23.2 Å². The third-order valence-electron chi connectivity index (χ3n) is 6.80. The number of benzene rings is 2. The fraction of sp³-hybridized carbons (Fsp3) is 0.481. The molecular weight excluding hydrogens is 571 g/mol. The first kappa shape index (κ1) is 31.1. The van der Waals surface area contributed by atoms with E-state index in [1.54, 1.807) is 25.1 Å². The summed E-state index contributed by atoms with van der Waals surface area (Å²) in [5, 5.41) is 3.73. The van der Waals surface area contributed by atoms with Gasteiger partial charge in [0.1, 0.15) is 6.04 Å². The molecule has 0 radical (unpaired) electrons. The van der Waals surface area contributed by atoms with Crippen LogP contribution in [0.15, 0.2) is 36.4 Å². The fourth-order valence-electron chi connectivity index (χ4n) is 4.63. The second-order valence-corrected chi connectivity index (χ2v) is 12.5. The van der Waals surface area contributed by atoms with E-state index in [2.05, 4.69) is 5.32 Å². The van der Waals surface area contributed by atoms with Gasteiger partial charge in [0.05, 0.1) is 22.0 Å². The largest absolute Gasteiger partial charge is 0.352 e. The lowest BCUT2D eigenvalue weighted by Gasteiger charge is -2.31. The standard InChI is InChI=1S/C27H33Cl2F2N3O4S/c1-18(27(36)32-20-7-4-3-5-8-20)33(17-19-10-12-22(28)23(29)15-19)26(35)9-6-14-34(39(2,37)38)21-11-13-24(30)25(31)16-21/h10-13,15-16,18,20H,3-9,14,17H2,1-2H3,(H,32,36)/t18-/m0/s1. The lowest BCUT2D eigenvalue weighted by atomic mass is 9.95. The molecule has 1 N–H and O–H groups in total. The number of rotatable bonds is 11. The monoisotopic (exact) mass is 603 g/mol. The van der Waals surface area contributed by atoms with E-state index < -0.39 is 27.7 Å². The molecule has 1 aliphatic carbocycles. The van der Waals surface area contributed by atoms with Gasteiger partial charge >= 0.3 is 0 Å². The molecule has 1 fully saturated rings. The molecule has 39 heavy (non-hydrogen) atoms. The number of hydrogen-bond donors (Lipinski definition) is 1. The zero-order valence-corrected chi connectivity index (χ0v) is 24.3. The van der Waals surface area contributed by atoms with Crippen molar-refractivity contribution in [3.05, 3.63) is 63.6 Å². The number of halogens is 4. The highest BCUT2D eigenvalue weighted by molar-refractivity contribution is 7.92. The van der Waals surface area contributed by atoms with Gasteiger partial charge in [0.25, 0.3) is 0 Å². The second-order valence-electron chi connectivity index (χ2n) is 9.83. The van der Waals surface area contributed by atoms with Crippen molar-refractivity contribution >= 4 is 50.7 Å². The highest BCUT2D eigenvalue weighted by atomic mass is 35.5. The minimum absolute atomic E-state index is 0.0447. The predicted molar refractivity (Wildman–Crippen MR) is 149 cm³/mol. The molecule has 214 valence electrons. The fourth-order valence-corrected chi connectivity index (χ4v) is 5.91. The van der Waals surface area contributed by atoms with Gasteiger partial charge in [-0.15, -0.1) is 0 Å². The summed E-state index contributed by atoms with van der Waals surface area (Å²) in [6.45, 7) is 1.60. The molecule has 0 aliphatic heterocycles. The van der Waals surface area contributed by atoms with Crippen LogP contribution in [0.4, 0.5) is 14.5 Å². The van der Waals surface area contributed by atoms with Crippen LogP contribution in [0.1, 0.15) is 57.4 Å². The van der Waals surface area contributed by atoms with Crippen molar-refractivity contribution in [3.8, 4) is 0 Å². The third kappa shape index (κ3) is 8.78. The number of carbonyl (C=O) groups excluding carboxylic acids is 2. The zero-order valence-electron chi connectivity index (χ0n) is 21.9. The summed E-state index contributed by atoms with van der Waals surface area (Å²) < 4.78 is 52.8. The number of nitrogens with one attached hydrogen (secondary N) is 1. The van der Waals surface area contributed by atoms with Crippen LogP contribution < -0.4 is 9.62 Å². The molecule has 1 atom stereocenters. The molecule has 0 saturated heterocycles. The van der Waals surface area contributed by atoms with Crippen LogP contribution in [0.2, 0.25) is 10.0 Å². The maximum atomic E-state index is 13.8. The van der Waals surface area contributed by atoms with Gasteiger partial charge in [-0.1, -0.05) is 48.5 Å². The Bertz CT molecular complexity index is 1290. The maximum Gasteiger partial charge on any atom is 0.242 e. The van der Waals surface area contributed by atoms with Crippen LogP contribution in [0, 0.1) is 11.6 Å². The van der Waals surface area contributed by atoms with Gasteiger partial charge in [-0.05, 0) is 56.0 Å². The lowest BCUT2D eigenvalue weighted by molar-refractivity contribution is -0.141. The molecule has 2 aromatic rings. The van der Waals surface area contributed by atoms with Gasteiger partial charge in [-0.3, -0.25) is 13.9 Å². The quantitative estimate of drug-likeness (QED) is 0.358. The van der Waals surface area contributed by atoms with Crippen LogP contribution in [-0.4, -0.2) is 50.0 Å². The Kier molecular flexibility index (Phi) is 11.0. The Morgan fingerprint density at radius 2 is 1.72 bits per heavy atom. The van der Waals surface area contributed by atoms with Crippen LogP contribution >= 0.6 is 23.2 Å². The van der Waals surface area contributed by atoms with E-state index in [0.29, 0.717) is 15.6 Å². The molecule has 0 spiro atoms. The van der Waals surface area contributed by atoms with Crippen molar-refractivity contribution in [2.24, 2.45) is 0 Å². The molecule has 1 saturated carbocycles. The summed E-state index contributed by atoms with van der Waals surface area (Å²) in [5.74, 6) is -2.91. The normalized spacial score (nSPS) is 15.0. The summed E-state index contributed by atoms with van der Waals surface area (Å²) in [5.41, 5.74) is 0.631. The number of amides is 2. The van der Waals surface area contributed by atoms with Gasteiger partial charge in [-0.25, -0.2) is 17.2 Å². The highest BCUT2D eigenvalue weighted by Crippen LogP contribution is 2.25. The van der Waals surface area contributed by atoms with Gasteiger partial charge in [0.2, 0.25) is 21.8 Å². The maximum absolute atomic E-state index is 13.8. The third-order valence-corrected chi connectivity index (χ3v) is 8.73. The van der Waals surface area contributed by atoms with E-state index in [1.165, 1.54) is 4.90 Å². The molecular formula is C27H33Cl2F2N3O4S. The molecule has 0 heterocycles. The molecule has 12 heteroatoms. The first-order valence-electron chi connectivity index (χ1n) is 12.8. The van der Waals surface area contributed by atoms with Crippen molar-refractivity contribution in [1.82, 2.24) is 10.2 Å². The molecule has 0 bridgehead atoms. The molecule has 7 nitrogen and oxygen atoms in total. The van der Waals surface area contributed by atoms with Crippen molar-refractivity contribution in [3.63, 3.8) is 0 Å². The van der Waals surface area contributed by atoms with Crippen LogP contribution in [0.25, 0.3) is 0 Å². The van der Waals surface area contributed by atoms with Gasteiger partial charge in [0.15, 0.2) is 11.6 Å². The average molecular weight is 605 g/mol. The Labute approximate surface area is 238 Å². The van der Waals surface area contributed by atoms with Crippen molar-refractivity contribution in [2.45, 2.75) is 70.5 Å². The Morgan fingerprint density at radius 1 is 1.03 bits per heavy atom. The van der Waals surface area contributed by atoms with Crippen LogP contribution in [0.5, 0.6) is 0 Å². The number of anilines is 1. The topological polar surface area (TPSA) is 86.8 Å². The van der Waals surface area contributed by atoms with Gasteiger partial charge in [0, 0.05) is 31.6 Å². The molecule has 2 aromatic carbocycles. The Hall–Kier alpha value is -2.43. The van der Waals surface area contributed by atoms with Crippen LogP contribution in [-0.2, 0) is 26.2 Å². The number of hydrogen-bond acceptors (Lipinski definition) is 4. The summed E-state index contributed by atoms with van der Waals surface area (Å²) in [6.07, 6.45) is 5.95. The molecule has 3 rings (SSSR count). The predicted octanol–water partition coefficient (Wildman–Crippen LogP) is 5.68. The molecule has 1 aliphatic rings. The molecule has 0 aromatic heterocycles. The highest BCUT2D eigenvalue weighted by Gasteiger charge is 2.28. The number of nitrogens with zero attached hydrogens (tertiary/aromatic N) is 2. The Morgan fingerprint density at radius 3 is 2.33 bits per heavy atom. The first-order chi connectivity index (χ1) is 18.4. The minimum atomic E-state index is -3.84. The summed E-state index contributed by atoms with van der Waals surface area (Å²) in [6, 6.07) is 7.03. The van der Waals surface area contributed by atoms with Crippen molar-refractivity contribution in [1.29, 1.82) is 0 Å². The lowest BCUT2D eigenvalue weighted by Crippen LogP contribution is -2.50. The summed E-state index contributed by atoms with van der Waals surface area (Å²) >= 11 is 12.2. The second kappa shape index (κ2) is 13.8. The molecule has 0 unspecified atom stereocenters. The van der Waals surface area contributed by atoms with Crippen molar-refractivity contribution < 1.29 is 26.8 Å². The van der Waals surface area contributed by atoms with E-state index in [1.807, 2.05) is 0 Å². The number of carbonyl (C=O) groups is 2. The number of sulfonamides is 1. The van der Waals surface area contributed by atoms with Gasteiger partial charge in [-0.2, -0.15) is 0 Å². The smallest absolute Gasteiger partial charge is 0.242 e. The van der Waals surface area contributed by atoms with Crippen molar-refractivity contribution in [2.75, 3.05) is 17.1 Å². The van der Waals surface area contributed by atoms with E-state index >= 15 is 0 Å². The zero-order chi connectivity index (χ0) is 28.7. The summed E-state index contributed by atoms with van der Waals surface area (Å²) in [7, 11) is -3.84. The average Bonchev–Trinajstić information content (AvgIpc) is 2.88. The summed E-state index contributed by atoms with van der Waals surface area (Å²) in [4.78, 5) is 28.0. The van der Waals surface area contributed by atoms with E-state index in [0.717, 1.165) is 60.9 Å². The van der Waals surface area contributed by atoms with Crippen LogP contribution in [0.3, 0.4) is 0 Å². The van der Waals surface area contributed by atoms with Gasteiger partial charge < -0.3 is 10.2 Å². The molecule has 2 amide bonds.